The second kappa shape index (κ2) is 7.46. The van der Waals surface area contributed by atoms with Crippen LogP contribution in [-0.2, 0) is 9.53 Å². The van der Waals surface area contributed by atoms with E-state index in [-0.39, 0.29) is 11.8 Å². The van der Waals surface area contributed by atoms with Crippen molar-refractivity contribution >= 4 is 5.97 Å². The van der Waals surface area contributed by atoms with Crippen LogP contribution in [0.2, 0.25) is 0 Å². The summed E-state index contributed by atoms with van der Waals surface area (Å²) in [5.41, 5.74) is -5.88. The third-order valence-electron chi connectivity index (χ3n) is 7.01. The molecule has 0 aliphatic heterocycles. The van der Waals surface area contributed by atoms with E-state index >= 15 is 0 Å². The fourth-order valence-corrected chi connectivity index (χ4v) is 5.10. The number of carbonyl (C=O) groups is 1. The quantitative estimate of drug-likeness (QED) is 0.366. The molecule has 0 saturated heterocycles. The highest BCUT2D eigenvalue weighted by Crippen LogP contribution is 2.53. The van der Waals surface area contributed by atoms with Crippen molar-refractivity contribution in [2.45, 2.75) is 82.3 Å². The van der Waals surface area contributed by atoms with Crippen LogP contribution in [0.1, 0.15) is 58.3 Å². The van der Waals surface area contributed by atoms with Crippen molar-refractivity contribution in [3.05, 3.63) is 12.2 Å². The SMILES string of the molecule is CC1(C(=O)OC(CC(O)(C(F)(F)F)C(F)(F)F)C2CCCCC2)CC2C=CC1C2. The minimum Gasteiger partial charge on any atom is -0.462 e. The number of alkyl halides is 6. The zero-order chi connectivity index (χ0) is 21.7. The molecule has 9 heteroatoms. The lowest BCUT2D eigenvalue weighted by Gasteiger charge is -2.40. The van der Waals surface area contributed by atoms with E-state index in [0.717, 1.165) is 12.8 Å². The van der Waals surface area contributed by atoms with Gasteiger partial charge in [-0.25, -0.2) is 0 Å². The van der Waals surface area contributed by atoms with Crippen molar-refractivity contribution in [1.29, 1.82) is 0 Å². The summed E-state index contributed by atoms with van der Waals surface area (Å²) in [6.07, 6.45) is -7.34. The molecule has 3 aliphatic rings. The van der Waals surface area contributed by atoms with Gasteiger partial charge in [-0.15, -0.1) is 0 Å². The van der Waals surface area contributed by atoms with E-state index in [1.54, 1.807) is 6.92 Å². The molecule has 2 fully saturated rings. The first-order chi connectivity index (χ1) is 13.3. The van der Waals surface area contributed by atoms with Gasteiger partial charge < -0.3 is 9.84 Å². The van der Waals surface area contributed by atoms with E-state index in [2.05, 4.69) is 0 Å². The first kappa shape index (κ1) is 22.4. The van der Waals surface area contributed by atoms with Gasteiger partial charge in [0.25, 0.3) is 5.60 Å². The highest BCUT2D eigenvalue weighted by atomic mass is 19.4. The molecule has 29 heavy (non-hydrogen) atoms. The Bertz CT molecular complexity index is 636. The smallest absolute Gasteiger partial charge is 0.426 e. The Hall–Kier alpha value is -1.25. The molecular formula is C20H26F6O3. The number of halogens is 6. The number of ether oxygens (including phenoxy) is 1. The van der Waals surface area contributed by atoms with Crippen LogP contribution in [0.4, 0.5) is 26.3 Å². The van der Waals surface area contributed by atoms with Crippen molar-refractivity contribution in [3.63, 3.8) is 0 Å². The molecule has 3 aliphatic carbocycles. The molecule has 2 saturated carbocycles. The second-order valence-electron chi connectivity index (χ2n) is 9.01. The molecule has 0 aromatic heterocycles. The largest absolute Gasteiger partial charge is 0.462 e. The Balaban J connectivity index is 1.85. The molecule has 4 atom stereocenters. The molecule has 4 unspecified atom stereocenters. The zero-order valence-electron chi connectivity index (χ0n) is 16.2. The average Bonchev–Trinajstić information content (AvgIpc) is 3.21. The third kappa shape index (κ3) is 4.03. The fraction of sp³-hybridized carbons (Fsp3) is 0.850. The van der Waals surface area contributed by atoms with Crippen LogP contribution in [0, 0.1) is 23.2 Å². The average molecular weight is 428 g/mol. The summed E-state index contributed by atoms with van der Waals surface area (Å²) in [6.45, 7) is 1.65. The van der Waals surface area contributed by atoms with Crippen LogP contribution in [0.5, 0.6) is 0 Å². The molecule has 2 bridgehead atoms. The van der Waals surface area contributed by atoms with Gasteiger partial charge in [0, 0.05) is 6.42 Å². The normalized spacial score (nSPS) is 31.9. The van der Waals surface area contributed by atoms with Gasteiger partial charge in [-0.3, -0.25) is 4.79 Å². The maximum Gasteiger partial charge on any atom is 0.426 e. The molecule has 0 aromatic rings. The first-order valence-corrected chi connectivity index (χ1v) is 10.0. The molecule has 3 nitrogen and oxygen atoms in total. The molecular weight excluding hydrogens is 402 g/mol. The van der Waals surface area contributed by atoms with E-state index in [9.17, 15) is 36.2 Å². The van der Waals surface area contributed by atoms with E-state index in [1.165, 1.54) is 0 Å². The number of fused-ring (bicyclic) bond motifs is 2. The standard InChI is InChI=1S/C20H26F6O3/c1-17(10-12-7-8-14(17)9-12)16(27)29-15(13-5-3-2-4-6-13)11-18(28,19(21,22)23)20(24,25)26/h7-8,12-15,28H,2-6,9-11H2,1H3. The highest BCUT2D eigenvalue weighted by molar-refractivity contribution is 5.78. The lowest BCUT2D eigenvalue weighted by Crippen LogP contribution is -2.59. The van der Waals surface area contributed by atoms with Crippen LogP contribution in [0.25, 0.3) is 0 Å². The van der Waals surface area contributed by atoms with Crippen molar-refractivity contribution < 1.29 is 41.0 Å². The van der Waals surface area contributed by atoms with Gasteiger partial charge in [0.05, 0.1) is 5.41 Å². The number of aliphatic hydroxyl groups is 1. The summed E-state index contributed by atoms with van der Waals surface area (Å²) in [5, 5.41) is 9.68. The summed E-state index contributed by atoms with van der Waals surface area (Å²) in [5.74, 6) is -1.36. The van der Waals surface area contributed by atoms with Gasteiger partial charge in [0.15, 0.2) is 0 Å². The number of esters is 1. The monoisotopic (exact) mass is 428 g/mol. The van der Waals surface area contributed by atoms with E-state index < -0.39 is 47.8 Å². The van der Waals surface area contributed by atoms with Gasteiger partial charge in [-0.2, -0.15) is 26.3 Å². The Kier molecular flexibility index (Phi) is 5.77. The number of allylic oxidation sites excluding steroid dienone is 2. The maximum absolute atomic E-state index is 13.2. The van der Waals surface area contributed by atoms with Crippen LogP contribution in [-0.4, -0.2) is 35.1 Å². The predicted octanol–water partition coefficient (Wildman–Crippen LogP) is 5.33. The maximum atomic E-state index is 13.2. The molecule has 0 heterocycles. The zero-order valence-corrected chi connectivity index (χ0v) is 16.2. The number of carbonyl (C=O) groups excluding carboxylic acids is 1. The van der Waals surface area contributed by atoms with E-state index in [4.69, 9.17) is 4.74 Å². The third-order valence-corrected chi connectivity index (χ3v) is 7.01. The molecule has 1 N–H and O–H groups in total. The van der Waals surface area contributed by atoms with Crippen molar-refractivity contribution in [1.82, 2.24) is 0 Å². The number of hydrogen-bond donors (Lipinski definition) is 1. The van der Waals surface area contributed by atoms with Crippen LogP contribution in [0.15, 0.2) is 12.2 Å². The molecule has 3 rings (SSSR count). The Labute approximate surface area is 165 Å². The fourth-order valence-electron chi connectivity index (χ4n) is 5.10. The van der Waals surface area contributed by atoms with E-state index in [1.807, 2.05) is 12.2 Å². The van der Waals surface area contributed by atoms with E-state index in [0.29, 0.717) is 32.1 Å². The van der Waals surface area contributed by atoms with Crippen molar-refractivity contribution in [3.8, 4) is 0 Å². The molecule has 166 valence electrons. The van der Waals surface area contributed by atoms with Crippen LogP contribution in [0.3, 0.4) is 0 Å². The van der Waals surface area contributed by atoms with Gasteiger partial charge in [0.1, 0.15) is 6.10 Å². The Morgan fingerprint density at radius 1 is 1.10 bits per heavy atom. The van der Waals surface area contributed by atoms with Gasteiger partial charge >= 0.3 is 18.3 Å². The number of rotatable bonds is 5. The molecule has 0 radical (unpaired) electrons. The molecule has 0 aromatic carbocycles. The van der Waals surface area contributed by atoms with Crippen molar-refractivity contribution in [2.24, 2.45) is 23.2 Å². The second-order valence-corrected chi connectivity index (χ2v) is 9.01. The topological polar surface area (TPSA) is 46.5 Å². The Morgan fingerprint density at radius 2 is 1.69 bits per heavy atom. The molecule has 0 spiro atoms. The van der Waals surface area contributed by atoms with Gasteiger partial charge in [-0.1, -0.05) is 31.4 Å². The summed E-state index contributed by atoms with van der Waals surface area (Å²) >= 11 is 0. The Morgan fingerprint density at radius 3 is 2.14 bits per heavy atom. The first-order valence-electron chi connectivity index (χ1n) is 10.0. The molecule has 0 amide bonds. The summed E-state index contributed by atoms with van der Waals surface area (Å²) < 4.78 is 84.8. The highest BCUT2D eigenvalue weighted by Gasteiger charge is 2.71. The lowest BCUT2D eigenvalue weighted by atomic mass is 9.77. The number of hydrogen-bond acceptors (Lipinski definition) is 3. The lowest BCUT2D eigenvalue weighted by molar-refractivity contribution is -0.375. The van der Waals surface area contributed by atoms with Crippen LogP contribution >= 0.6 is 0 Å². The summed E-state index contributed by atoms with van der Waals surface area (Å²) in [6, 6.07) is 0. The van der Waals surface area contributed by atoms with Crippen molar-refractivity contribution in [2.75, 3.05) is 0 Å². The minimum absolute atomic E-state index is 0.129. The summed E-state index contributed by atoms with van der Waals surface area (Å²) in [7, 11) is 0. The van der Waals surface area contributed by atoms with Gasteiger partial charge in [0.2, 0.25) is 0 Å². The minimum atomic E-state index is -5.93. The van der Waals surface area contributed by atoms with Crippen LogP contribution < -0.4 is 0 Å². The van der Waals surface area contributed by atoms with Gasteiger partial charge in [-0.05, 0) is 50.4 Å². The predicted molar refractivity (Wildman–Crippen MR) is 91.6 cm³/mol. The summed E-state index contributed by atoms with van der Waals surface area (Å²) in [4.78, 5) is 12.9.